The van der Waals surface area contributed by atoms with Gasteiger partial charge in [-0.25, -0.2) is 9.59 Å². The summed E-state index contributed by atoms with van der Waals surface area (Å²) in [5, 5.41) is 0.115. The molecule has 9 heteroatoms. The van der Waals surface area contributed by atoms with Gasteiger partial charge in [-0.3, -0.25) is 0 Å². The highest BCUT2D eigenvalue weighted by Crippen LogP contribution is 2.39. The molecule has 7 nitrogen and oxygen atoms in total. The number of primary amides is 1. The predicted molar refractivity (Wildman–Crippen MR) is 226 cm³/mol. The lowest BCUT2D eigenvalue weighted by Crippen LogP contribution is -2.47. The van der Waals surface area contributed by atoms with Gasteiger partial charge in [0.1, 0.15) is 18.3 Å². The molecule has 0 bridgehead atoms. The third kappa shape index (κ3) is 19.6. The summed E-state index contributed by atoms with van der Waals surface area (Å²) in [4.78, 5) is 24.9. The Kier molecular flexibility index (Phi) is 21.0. The summed E-state index contributed by atoms with van der Waals surface area (Å²) in [5.74, 6) is -0.361. The minimum Gasteiger partial charge on any atom is -0.458 e. The number of nitrogens with two attached hydrogens (primary N) is 1. The first kappa shape index (κ1) is 49.5. The molecule has 0 unspecified atom stereocenters. The summed E-state index contributed by atoms with van der Waals surface area (Å²) in [6, 6.07) is 0. The lowest BCUT2D eigenvalue weighted by Gasteiger charge is -2.40. The molecular formula is C43H77NO6Si2. The Morgan fingerprint density at radius 3 is 1.94 bits per heavy atom. The quantitative estimate of drug-likeness (QED) is 0.0366. The maximum Gasteiger partial charge on any atom is 0.404 e. The topological polar surface area (TPSA) is 97.1 Å². The Bertz CT molecular complexity index is 1260. The van der Waals surface area contributed by atoms with Crippen LogP contribution in [0.5, 0.6) is 0 Å². The zero-order valence-corrected chi connectivity index (χ0v) is 37.8. The highest BCUT2D eigenvalue weighted by molar-refractivity contribution is 6.74. The van der Waals surface area contributed by atoms with E-state index in [0.29, 0.717) is 25.9 Å². The number of ether oxygens (including phenoxy) is 2. The van der Waals surface area contributed by atoms with E-state index >= 15 is 0 Å². The van der Waals surface area contributed by atoms with Crippen LogP contribution in [0.3, 0.4) is 0 Å². The summed E-state index contributed by atoms with van der Waals surface area (Å²) in [7, 11) is -4.05. The van der Waals surface area contributed by atoms with Crippen LogP contribution in [-0.4, -0.2) is 53.6 Å². The Morgan fingerprint density at radius 2 is 1.42 bits per heavy atom. The minimum absolute atomic E-state index is 0.0110. The monoisotopic (exact) mass is 760 g/mol. The van der Waals surface area contributed by atoms with Crippen LogP contribution in [0.2, 0.25) is 36.3 Å². The van der Waals surface area contributed by atoms with Crippen LogP contribution in [0.1, 0.15) is 115 Å². The second kappa shape index (κ2) is 22.0. The minimum atomic E-state index is -2.15. The molecule has 0 aliphatic rings. The van der Waals surface area contributed by atoms with Gasteiger partial charge >= 0.3 is 12.1 Å². The molecule has 0 radical (unpaired) electrons. The molecule has 2 N–H and O–H groups in total. The van der Waals surface area contributed by atoms with Crippen LogP contribution in [0, 0.1) is 11.3 Å². The number of hydrogen-bond acceptors (Lipinski definition) is 6. The standard InChI is InChI=1S/C43H77NO6Si2/c1-18-20-28-43(12,13)29-24-27-39(45)48-38(35(5)30-34(4)32-47-51(14,15)41(6,7)8)31-33(3)25-22-21-23-26-37(49-40(44)46)36(19-2)50-52(16,17)42(9,10)11/h18-19,21-22,24-25,27,30,35-38H,1-2,20,23,26,28-29,31-32H2,3-17H3,(H2,44,46)/b22-21+,27-24+,33-25+,34-30+/t35-,36+,37+,38-/m1/s1. The van der Waals surface area contributed by atoms with Crippen LogP contribution in [0.25, 0.3) is 0 Å². The molecule has 52 heavy (non-hydrogen) atoms. The van der Waals surface area contributed by atoms with Gasteiger partial charge < -0.3 is 24.1 Å². The van der Waals surface area contributed by atoms with Gasteiger partial charge in [0.15, 0.2) is 16.6 Å². The SMILES string of the molecule is C=CCCC(C)(C)C/C=C/C(=O)O[C@H](C/C(C)=C/C=C/CC[C@H](OC(N)=O)[C@H](C=C)O[Si](C)(C)C(C)(C)C)[C@H](C)/C=C(\C)CO[Si](C)(C)C(C)(C)C. The van der Waals surface area contributed by atoms with Gasteiger partial charge in [-0.2, -0.15) is 0 Å². The number of esters is 1. The second-order valence-corrected chi connectivity index (χ2v) is 27.8. The lowest BCUT2D eigenvalue weighted by atomic mass is 9.84. The molecule has 0 saturated carbocycles. The third-order valence-corrected chi connectivity index (χ3v) is 19.5. The van der Waals surface area contributed by atoms with Crippen molar-refractivity contribution in [3.8, 4) is 0 Å². The first-order valence-electron chi connectivity index (χ1n) is 19.1. The maximum absolute atomic E-state index is 13.1. The summed E-state index contributed by atoms with van der Waals surface area (Å²) >= 11 is 0. The molecule has 1 amide bonds. The van der Waals surface area contributed by atoms with E-state index in [1.54, 1.807) is 12.2 Å². The number of allylic oxidation sites excluding steroid dienone is 5. The molecule has 0 aromatic carbocycles. The largest absolute Gasteiger partial charge is 0.458 e. The molecule has 0 aromatic rings. The van der Waals surface area contributed by atoms with Crippen molar-refractivity contribution in [3.63, 3.8) is 0 Å². The number of amides is 1. The molecule has 0 aliphatic heterocycles. The van der Waals surface area contributed by atoms with Crippen LogP contribution >= 0.6 is 0 Å². The number of carbonyl (C=O) groups is 2. The summed E-state index contributed by atoms with van der Waals surface area (Å²) in [5.41, 5.74) is 7.72. The van der Waals surface area contributed by atoms with E-state index in [-0.39, 0.29) is 33.5 Å². The molecule has 0 aliphatic carbocycles. The number of hydrogen-bond donors (Lipinski definition) is 1. The van der Waals surface area contributed by atoms with Crippen molar-refractivity contribution >= 4 is 28.7 Å². The van der Waals surface area contributed by atoms with Gasteiger partial charge in [0.05, 0.1) is 6.61 Å². The molecule has 0 aromatic heterocycles. The van der Waals surface area contributed by atoms with Crippen molar-refractivity contribution in [2.45, 2.75) is 169 Å². The zero-order chi connectivity index (χ0) is 40.6. The van der Waals surface area contributed by atoms with E-state index < -0.39 is 34.9 Å². The van der Waals surface area contributed by atoms with Crippen molar-refractivity contribution in [2.75, 3.05) is 6.61 Å². The lowest BCUT2D eigenvalue weighted by molar-refractivity contribution is -0.144. The maximum atomic E-state index is 13.1. The van der Waals surface area contributed by atoms with Crippen molar-refractivity contribution in [3.05, 3.63) is 72.9 Å². The molecule has 0 spiro atoms. The number of carbonyl (C=O) groups excluding carboxylic acids is 2. The summed E-state index contributed by atoms with van der Waals surface area (Å²) < 4.78 is 24.6. The van der Waals surface area contributed by atoms with E-state index in [0.717, 1.165) is 30.4 Å². The number of rotatable bonds is 23. The van der Waals surface area contributed by atoms with Gasteiger partial charge in [0, 0.05) is 18.4 Å². The van der Waals surface area contributed by atoms with Crippen molar-refractivity contribution in [1.29, 1.82) is 0 Å². The van der Waals surface area contributed by atoms with Crippen molar-refractivity contribution in [1.82, 2.24) is 0 Å². The van der Waals surface area contributed by atoms with Crippen molar-refractivity contribution < 1.29 is 27.9 Å². The van der Waals surface area contributed by atoms with Gasteiger partial charge in [-0.05, 0) is 87.6 Å². The molecule has 0 fully saturated rings. The molecule has 0 saturated heterocycles. The average Bonchev–Trinajstić information content (AvgIpc) is 2.99. The Labute approximate surface area is 321 Å². The van der Waals surface area contributed by atoms with Crippen molar-refractivity contribution in [2.24, 2.45) is 17.1 Å². The Morgan fingerprint density at radius 1 is 0.827 bits per heavy atom. The Hall–Kier alpha value is -2.47. The molecule has 0 rings (SSSR count). The molecule has 298 valence electrons. The predicted octanol–water partition coefficient (Wildman–Crippen LogP) is 12.2. The first-order valence-corrected chi connectivity index (χ1v) is 24.9. The van der Waals surface area contributed by atoms with Crippen LogP contribution in [-0.2, 0) is 23.1 Å². The van der Waals surface area contributed by atoms with E-state index in [4.69, 9.17) is 24.1 Å². The van der Waals surface area contributed by atoms with E-state index in [1.807, 2.05) is 37.3 Å². The fourth-order valence-electron chi connectivity index (χ4n) is 4.91. The fourth-order valence-corrected chi connectivity index (χ4v) is 7.22. The zero-order valence-electron chi connectivity index (χ0n) is 35.8. The van der Waals surface area contributed by atoms with E-state index in [9.17, 15) is 9.59 Å². The van der Waals surface area contributed by atoms with Crippen LogP contribution < -0.4 is 5.73 Å². The molecule has 0 heterocycles. The third-order valence-electron chi connectivity index (χ3n) is 10.6. The summed E-state index contributed by atoms with van der Waals surface area (Å²) in [6.45, 7) is 41.0. The fraction of sp³-hybridized carbons (Fsp3) is 0.674. The van der Waals surface area contributed by atoms with E-state index in [2.05, 4.69) is 115 Å². The molecular weight excluding hydrogens is 683 g/mol. The van der Waals surface area contributed by atoms with Gasteiger partial charge in [-0.1, -0.05) is 116 Å². The van der Waals surface area contributed by atoms with Crippen LogP contribution in [0.15, 0.2) is 72.9 Å². The Balaban J connectivity index is 5.92. The second-order valence-electron chi connectivity index (χ2n) is 18.3. The van der Waals surface area contributed by atoms with Gasteiger partial charge in [0.2, 0.25) is 0 Å². The average molecular weight is 760 g/mol. The van der Waals surface area contributed by atoms with Crippen LogP contribution in [0.4, 0.5) is 4.79 Å². The summed E-state index contributed by atoms with van der Waals surface area (Å²) in [6.07, 6.45) is 17.7. The first-order chi connectivity index (χ1) is 23.7. The van der Waals surface area contributed by atoms with E-state index in [1.165, 1.54) is 0 Å². The van der Waals surface area contributed by atoms with Gasteiger partial charge in [0.25, 0.3) is 0 Å². The highest BCUT2D eigenvalue weighted by atomic mass is 28.4. The normalized spacial score (nSPS) is 16.4. The highest BCUT2D eigenvalue weighted by Gasteiger charge is 2.41. The molecule has 4 atom stereocenters. The van der Waals surface area contributed by atoms with Gasteiger partial charge in [-0.15, -0.1) is 13.2 Å². The smallest absolute Gasteiger partial charge is 0.404 e.